The average molecular weight is 316 g/mol. The van der Waals surface area contributed by atoms with Crippen LogP contribution in [0.5, 0.6) is 0 Å². The molecule has 0 saturated heterocycles. The molecule has 0 bridgehead atoms. The second-order valence-electron chi connectivity index (χ2n) is 3.76. The highest BCUT2D eigenvalue weighted by Gasteiger charge is 2.27. The number of ether oxygens (including phenoxy) is 1. The van der Waals surface area contributed by atoms with Crippen LogP contribution in [0.2, 0.25) is 5.02 Å². The van der Waals surface area contributed by atoms with Gasteiger partial charge in [0.1, 0.15) is 6.61 Å². The third kappa shape index (κ3) is 6.26. The van der Waals surface area contributed by atoms with E-state index in [0.29, 0.717) is 10.6 Å². The number of rotatable bonds is 6. The SMILES string of the molecule is Nc1ccc(S(=O)CCCOCC(F)(F)F)c(Cl)c1. The van der Waals surface area contributed by atoms with Gasteiger partial charge in [0.25, 0.3) is 0 Å². The lowest BCUT2D eigenvalue weighted by Gasteiger charge is -2.08. The van der Waals surface area contributed by atoms with E-state index in [-0.39, 0.29) is 23.8 Å². The van der Waals surface area contributed by atoms with Gasteiger partial charge in [0, 0.05) is 18.0 Å². The highest BCUT2D eigenvalue weighted by atomic mass is 35.5. The van der Waals surface area contributed by atoms with Gasteiger partial charge in [-0.05, 0) is 24.6 Å². The summed E-state index contributed by atoms with van der Waals surface area (Å²) < 4.78 is 51.6. The molecule has 1 rings (SSSR count). The molecule has 0 fully saturated rings. The van der Waals surface area contributed by atoms with Crippen LogP contribution in [0.1, 0.15) is 6.42 Å². The first-order valence-corrected chi connectivity index (χ1v) is 7.07. The van der Waals surface area contributed by atoms with Crippen molar-refractivity contribution >= 4 is 28.1 Å². The summed E-state index contributed by atoms with van der Waals surface area (Å²) >= 11 is 5.87. The van der Waals surface area contributed by atoms with Crippen LogP contribution < -0.4 is 5.73 Å². The zero-order valence-corrected chi connectivity index (χ0v) is 11.4. The highest BCUT2D eigenvalue weighted by molar-refractivity contribution is 7.85. The molecule has 0 aromatic heterocycles. The van der Waals surface area contributed by atoms with Crippen molar-refractivity contribution in [3.8, 4) is 0 Å². The van der Waals surface area contributed by atoms with Crippen LogP contribution >= 0.6 is 11.6 Å². The summed E-state index contributed by atoms with van der Waals surface area (Å²) in [5.74, 6) is 0.182. The Morgan fingerprint density at radius 1 is 1.37 bits per heavy atom. The van der Waals surface area contributed by atoms with Crippen molar-refractivity contribution in [2.75, 3.05) is 24.7 Å². The first kappa shape index (κ1) is 16.3. The van der Waals surface area contributed by atoms with Gasteiger partial charge in [-0.1, -0.05) is 11.6 Å². The van der Waals surface area contributed by atoms with Crippen LogP contribution in [-0.4, -0.2) is 29.4 Å². The molecule has 8 heteroatoms. The normalized spacial score (nSPS) is 13.5. The molecule has 3 nitrogen and oxygen atoms in total. The molecule has 0 aliphatic heterocycles. The Kier molecular flexibility index (Phi) is 6.09. The number of alkyl halides is 3. The van der Waals surface area contributed by atoms with E-state index in [1.807, 2.05) is 0 Å². The Morgan fingerprint density at radius 2 is 2.05 bits per heavy atom. The fraction of sp³-hybridized carbons (Fsp3) is 0.455. The summed E-state index contributed by atoms with van der Waals surface area (Å²) in [6.45, 7) is -1.39. The van der Waals surface area contributed by atoms with Crippen LogP contribution in [-0.2, 0) is 15.5 Å². The molecule has 0 heterocycles. The predicted molar refractivity (Wildman–Crippen MR) is 68.6 cm³/mol. The first-order valence-electron chi connectivity index (χ1n) is 5.37. The molecule has 0 saturated carbocycles. The third-order valence-corrected chi connectivity index (χ3v) is 4.02. The minimum Gasteiger partial charge on any atom is -0.399 e. The number of benzene rings is 1. The van der Waals surface area contributed by atoms with Gasteiger partial charge >= 0.3 is 6.18 Å². The molecule has 0 radical (unpaired) electrons. The monoisotopic (exact) mass is 315 g/mol. The van der Waals surface area contributed by atoms with Gasteiger partial charge in [-0.2, -0.15) is 13.2 Å². The van der Waals surface area contributed by atoms with E-state index in [0.717, 1.165) is 0 Å². The molecule has 1 atom stereocenters. The summed E-state index contributed by atoms with van der Waals surface area (Å²) in [7, 11) is -1.38. The van der Waals surface area contributed by atoms with Gasteiger partial charge in [0.05, 0.1) is 20.7 Å². The van der Waals surface area contributed by atoms with Crippen LogP contribution in [0, 0.1) is 0 Å². The second-order valence-corrected chi connectivity index (χ2v) is 5.71. The van der Waals surface area contributed by atoms with Gasteiger partial charge in [-0.15, -0.1) is 0 Å². The highest BCUT2D eigenvalue weighted by Crippen LogP contribution is 2.22. The number of nitrogens with two attached hydrogens (primary N) is 1. The summed E-state index contributed by atoms with van der Waals surface area (Å²) in [6, 6.07) is 4.60. The maximum atomic E-state index is 11.8. The molecule has 2 N–H and O–H groups in total. The average Bonchev–Trinajstić information content (AvgIpc) is 2.26. The standard InChI is InChI=1S/C11H13ClF3NO2S/c12-9-6-8(16)2-3-10(9)19(17)5-1-4-18-7-11(13,14)15/h2-3,6H,1,4-5,7,16H2. The molecule has 0 aliphatic carbocycles. The van der Waals surface area contributed by atoms with Gasteiger partial charge in [0.15, 0.2) is 0 Å². The lowest BCUT2D eigenvalue weighted by Crippen LogP contribution is -2.18. The lowest BCUT2D eigenvalue weighted by atomic mass is 10.3. The second kappa shape index (κ2) is 7.12. The van der Waals surface area contributed by atoms with Crippen LogP contribution in [0.4, 0.5) is 18.9 Å². The van der Waals surface area contributed by atoms with E-state index in [2.05, 4.69) is 4.74 Å². The van der Waals surface area contributed by atoms with E-state index in [4.69, 9.17) is 17.3 Å². The fourth-order valence-corrected chi connectivity index (χ4v) is 2.83. The minimum absolute atomic E-state index is 0.0994. The number of hydrogen-bond acceptors (Lipinski definition) is 3. The molecule has 108 valence electrons. The lowest BCUT2D eigenvalue weighted by molar-refractivity contribution is -0.173. The molecule has 0 aliphatic rings. The molecular formula is C11H13ClF3NO2S. The van der Waals surface area contributed by atoms with Crippen molar-refractivity contribution in [2.24, 2.45) is 0 Å². The molecular weight excluding hydrogens is 303 g/mol. The minimum atomic E-state index is -4.33. The van der Waals surface area contributed by atoms with Crippen molar-refractivity contribution in [3.63, 3.8) is 0 Å². The molecule has 19 heavy (non-hydrogen) atoms. The molecule has 1 unspecified atom stereocenters. The summed E-state index contributed by atoms with van der Waals surface area (Å²) in [5.41, 5.74) is 5.96. The van der Waals surface area contributed by atoms with Gasteiger partial charge < -0.3 is 10.5 Å². The third-order valence-electron chi connectivity index (χ3n) is 2.09. The van der Waals surface area contributed by atoms with Gasteiger partial charge in [-0.3, -0.25) is 4.21 Å². The molecule has 1 aromatic rings. The van der Waals surface area contributed by atoms with E-state index in [1.54, 1.807) is 12.1 Å². The Hall–Kier alpha value is -0.790. The van der Waals surface area contributed by atoms with E-state index in [1.165, 1.54) is 6.07 Å². The predicted octanol–water partition coefficient (Wildman–Crippen LogP) is 3.00. The van der Waals surface area contributed by atoms with E-state index < -0.39 is 23.6 Å². The largest absolute Gasteiger partial charge is 0.411 e. The maximum Gasteiger partial charge on any atom is 0.411 e. The zero-order valence-electron chi connectivity index (χ0n) is 9.87. The number of hydrogen-bond donors (Lipinski definition) is 1. The molecule has 1 aromatic carbocycles. The number of halogens is 4. The van der Waals surface area contributed by atoms with Gasteiger partial charge in [0.2, 0.25) is 0 Å². The van der Waals surface area contributed by atoms with E-state index >= 15 is 0 Å². The number of nitrogen functional groups attached to an aromatic ring is 1. The fourth-order valence-electron chi connectivity index (χ4n) is 1.29. The molecule has 0 spiro atoms. The van der Waals surface area contributed by atoms with Crippen LogP contribution in [0.3, 0.4) is 0 Å². The maximum absolute atomic E-state index is 11.8. The Labute approximate surface area is 116 Å². The first-order chi connectivity index (χ1) is 8.79. The quantitative estimate of drug-likeness (QED) is 0.648. The Balaban J connectivity index is 2.36. The topological polar surface area (TPSA) is 52.3 Å². The van der Waals surface area contributed by atoms with E-state index in [9.17, 15) is 17.4 Å². The van der Waals surface area contributed by atoms with Crippen molar-refractivity contribution < 1.29 is 22.1 Å². The van der Waals surface area contributed by atoms with Crippen molar-refractivity contribution in [2.45, 2.75) is 17.5 Å². The van der Waals surface area contributed by atoms with Crippen molar-refractivity contribution in [3.05, 3.63) is 23.2 Å². The van der Waals surface area contributed by atoms with Crippen molar-refractivity contribution in [1.29, 1.82) is 0 Å². The van der Waals surface area contributed by atoms with Gasteiger partial charge in [-0.25, -0.2) is 0 Å². The van der Waals surface area contributed by atoms with Crippen molar-refractivity contribution in [1.82, 2.24) is 0 Å². The summed E-state index contributed by atoms with van der Waals surface area (Å²) in [4.78, 5) is 0.423. The number of anilines is 1. The van der Waals surface area contributed by atoms with Crippen LogP contribution in [0.15, 0.2) is 23.1 Å². The summed E-state index contributed by atoms with van der Waals surface area (Å²) in [6.07, 6.45) is -4.08. The summed E-state index contributed by atoms with van der Waals surface area (Å²) in [5, 5.41) is 0.287. The van der Waals surface area contributed by atoms with Crippen LogP contribution in [0.25, 0.3) is 0 Å². The Bertz CT molecular complexity index is 454. The smallest absolute Gasteiger partial charge is 0.399 e. The Morgan fingerprint density at radius 3 is 2.63 bits per heavy atom. The molecule has 0 amide bonds. The zero-order chi connectivity index (χ0) is 14.5.